The van der Waals surface area contributed by atoms with E-state index in [4.69, 9.17) is 11.6 Å². The highest BCUT2D eigenvalue weighted by Gasteiger charge is 2.30. The molecule has 15 heteroatoms. The summed E-state index contributed by atoms with van der Waals surface area (Å²) in [6, 6.07) is 1.13. The van der Waals surface area contributed by atoms with Crippen molar-refractivity contribution >= 4 is 27.3 Å². The fraction of sp³-hybridized carbons (Fsp3) is 0.625. The lowest BCUT2D eigenvalue weighted by Gasteiger charge is -2.27. The highest BCUT2D eigenvalue weighted by molar-refractivity contribution is 7.91. The van der Waals surface area contributed by atoms with Crippen LogP contribution in [-0.2, 0) is 22.8 Å². The van der Waals surface area contributed by atoms with E-state index in [0.29, 0.717) is 25.7 Å². The van der Waals surface area contributed by atoms with Crippen molar-refractivity contribution in [1.82, 2.24) is 20.1 Å². The molecule has 0 aliphatic heterocycles. The average Bonchev–Trinajstić information content (AvgIpc) is 3.17. The third-order valence-corrected chi connectivity index (χ3v) is 8.69. The van der Waals surface area contributed by atoms with Crippen LogP contribution in [0.2, 0.25) is 5.02 Å². The molecule has 0 spiro atoms. The standard InChI is InChI=1S/C24H30ClF5N4O4S/c1-3-34-21(17-13-31-15(5-4-10-24(28,29)30)11-18(17)38-23(26)27)19(25)20(33-34)22(35)32-12-14-6-8-16(9-7-14)39(2,36)37/h11,13-14,16,23H,3-10,12H2,1-2H3,(H,32,35)/t14-,16-. The van der Waals surface area contributed by atoms with E-state index in [2.05, 4.69) is 20.1 Å². The van der Waals surface area contributed by atoms with Gasteiger partial charge < -0.3 is 10.1 Å². The molecule has 0 saturated heterocycles. The first-order valence-corrected chi connectivity index (χ1v) is 14.8. The van der Waals surface area contributed by atoms with E-state index in [0.717, 1.165) is 12.3 Å². The molecule has 0 radical (unpaired) electrons. The molecule has 1 N–H and O–H groups in total. The zero-order valence-corrected chi connectivity index (χ0v) is 23.0. The number of hydrogen-bond acceptors (Lipinski definition) is 6. The molecule has 0 unspecified atom stereocenters. The molecular formula is C24H30ClF5N4O4S. The molecule has 1 fully saturated rings. The van der Waals surface area contributed by atoms with Crippen molar-refractivity contribution in [2.24, 2.45) is 5.92 Å². The van der Waals surface area contributed by atoms with Crippen molar-refractivity contribution in [3.8, 4) is 17.0 Å². The van der Waals surface area contributed by atoms with E-state index in [1.54, 1.807) is 6.92 Å². The molecule has 0 atom stereocenters. The highest BCUT2D eigenvalue weighted by atomic mass is 35.5. The van der Waals surface area contributed by atoms with Crippen LogP contribution in [0, 0.1) is 5.92 Å². The molecule has 218 valence electrons. The number of aryl methyl sites for hydroxylation is 2. The summed E-state index contributed by atoms with van der Waals surface area (Å²) in [6.45, 7) is -1.04. The number of aromatic nitrogens is 3. The third-order valence-electron chi connectivity index (χ3n) is 6.65. The second-order valence-electron chi connectivity index (χ2n) is 9.53. The Morgan fingerprint density at radius 1 is 1.26 bits per heavy atom. The van der Waals surface area contributed by atoms with Gasteiger partial charge in [0.05, 0.1) is 21.5 Å². The van der Waals surface area contributed by atoms with Gasteiger partial charge in [0.15, 0.2) is 5.69 Å². The predicted molar refractivity (Wildman–Crippen MR) is 135 cm³/mol. The summed E-state index contributed by atoms with van der Waals surface area (Å²) in [5.41, 5.74) is 0.0897. The molecule has 1 amide bonds. The summed E-state index contributed by atoms with van der Waals surface area (Å²) in [4.78, 5) is 17.0. The SMILES string of the molecule is CCn1nc(C(=O)NC[C@H]2CC[C@H](S(C)(=O)=O)CC2)c(Cl)c1-c1cnc(CCCC(F)(F)F)cc1OC(F)F. The Labute approximate surface area is 228 Å². The van der Waals surface area contributed by atoms with Crippen LogP contribution in [0.3, 0.4) is 0 Å². The Balaban J connectivity index is 1.79. The van der Waals surface area contributed by atoms with Crippen LogP contribution in [0.25, 0.3) is 11.3 Å². The topological polar surface area (TPSA) is 103 Å². The van der Waals surface area contributed by atoms with E-state index in [1.165, 1.54) is 10.9 Å². The number of nitrogens with zero attached hydrogens (tertiary/aromatic N) is 3. The number of alkyl halides is 5. The molecule has 1 saturated carbocycles. The number of hydrogen-bond donors (Lipinski definition) is 1. The van der Waals surface area contributed by atoms with Crippen molar-refractivity contribution in [2.45, 2.75) is 76.5 Å². The first kappa shape index (κ1) is 31.1. The van der Waals surface area contributed by atoms with Gasteiger partial charge in [-0.05, 0) is 51.4 Å². The summed E-state index contributed by atoms with van der Waals surface area (Å²) < 4.78 is 93.3. The van der Waals surface area contributed by atoms with Crippen LogP contribution >= 0.6 is 11.6 Å². The Morgan fingerprint density at radius 2 is 1.92 bits per heavy atom. The van der Waals surface area contributed by atoms with Gasteiger partial charge in [0.25, 0.3) is 5.91 Å². The molecule has 39 heavy (non-hydrogen) atoms. The molecule has 3 rings (SSSR count). The van der Waals surface area contributed by atoms with Gasteiger partial charge in [-0.3, -0.25) is 14.5 Å². The Bertz CT molecular complexity index is 1260. The van der Waals surface area contributed by atoms with E-state index in [9.17, 15) is 35.2 Å². The van der Waals surface area contributed by atoms with Gasteiger partial charge in [-0.25, -0.2) is 8.42 Å². The molecule has 2 aromatic heterocycles. The molecular weight excluding hydrogens is 571 g/mol. The van der Waals surface area contributed by atoms with Crippen LogP contribution in [0.4, 0.5) is 22.0 Å². The van der Waals surface area contributed by atoms with E-state index >= 15 is 0 Å². The van der Waals surface area contributed by atoms with Crippen LogP contribution in [0.15, 0.2) is 12.3 Å². The van der Waals surface area contributed by atoms with Crippen LogP contribution in [0.1, 0.15) is 61.6 Å². The zero-order valence-electron chi connectivity index (χ0n) is 21.4. The number of amides is 1. The van der Waals surface area contributed by atoms with Gasteiger partial charge in [-0.1, -0.05) is 11.6 Å². The number of sulfone groups is 1. The number of carbonyl (C=O) groups is 1. The van der Waals surface area contributed by atoms with Gasteiger partial charge in [-0.15, -0.1) is 0 Å². The lowest BCUT2D eigenvalue weighted by Crippen LogP contribution is -2.34. The van der Waals surface area contributed by atoms with E-state index < -0.39 is 35.0 Å². The van der Waals surface area contributed by atoms with Crippen molar-refractivity contribution < 1.29 is 39.9 Å². The van der Waals surface area contributed by atoms with Gasteiger partial charge >= 0.3 is 12.8 Å². The fourth-order valence-corrected chi connectivity index (χ4v) is 6.06. The average molecular weight is 601 g/mol. The predicted octanol–water partition coefficient (Wildman–Crippen LogP) is 5.44. The second-order valence-corrected chi connectivity index (χ2v) is 12.2. The Hall–Kier alpha value is -2.48. The first-order chi connectivity index (χ1) is 18.2. The number of pyridine rings is 1. The molecule has 1 aliphatic carbocycles. The third kappa shape index (κ3) is 8.50. The lowest BCUT2D eigenvalue weighted by atomic mass is 9.89. The molecule has 2 aromatic rings. The van der Waals surface area contributed by atoms with Gasteiger partial charge in [-0.2, -0.15) is 27.1 Å². The number of halogens is 6. The molecule has 0 aromatic carbocycles. The summed E-state index contributed by atoms with van der Waals surface area (Å²) in [6.07, 6.45) is -1.11. The van der Waals surface area contributed by atoms with Gasteiger partial charge in [0, 0.05) is 43.7 Å². The molecule has 0 bridgehead atoms. The lowest BCUT2D eigenvalue weighted by molar-refractivity contribution is -0.135. The Kier molecular flexibility index (Phi) is 10.2. The minimum atomic E-state index is -4.35. The van der Waals surface area contributed by atoms with Crippen LogP contribution in [-0.4, -0.2) is 59.9 Å². The summed E-state index contributed by atoms with van der Waals surface area (Å²) in [5.74, 6) is -0.863. The van der Waals surface area contributed by atoms with Crippen molar-refractivity contribution in [3.05, 3.63) is 28.7 Å². The first-order valence-electron chi connectivity index (χ1n) is 12.4. The van der Waals surface area contributed by atoms with Crippen molar-refractivity contribution in [2.75, 3.05) is 12.8 Å². The zero-order chi connectivity index (χ0) is 29.0. The number of ether oxygens (including phenoxy) is 1. The van der Waals surface area contributed by atoms with Crippen LogP contribution in [0.5, 0.6) is 5.75 Å². The number of nitrogens with one attached hydrogen (secondary N) is 1. The number of carbonyl (C=O) groups excluding carboxylic acids is 1. The van der Waals surface area contributed by atoms with Crippen molar-refractivity contribution in [1.29, 1.82) is 0 Å². The van der Waals surface area contributed by atoms with Gasteiger partial charge in [0.2, 0.25) is 0 Å². The smallest absolute Gasteiger partial charge is 0.389 e. The normalized spacial score (nSPS) is 18.4. The highest BCUT2D eigenvalue weighted by Crippen LogP contribution is 2.38. The second kappa shape index (κ2) is 12.8. The van der Waals surface area contributed by atoms with E-state index in [-0.39, 0.29) is 70.5 Å². The summed E-state index contributed by atoms with van der Waals surface area (Å²) >= 11 is 6.50. The summed E-state index contributed by atoms with van der Waals surface area (Å²) in [7, 11) is -3.11. The van der Waals surface area contributed by atoms with Gasteiger partial charge in [0.1, 0.15) is 15.6 Å². The van der Waals surface area contributed by atoms with Crippen LogP contribution < -0.4 is 10.1 Å². The molecule has 1 aliphatic rings. The summed E-state index contributed by atoms with van der Waals surface area (Å²) in [5, 5.41) is 6.49. The Morgan fingerprint density at radius 3 is 2.49 bits per heavy atom. The molecule has 2 heterocycles. The minimum Gasteiger partial charge on any atom is -0.434 e. The maximum Gasteiger partial charge on any atom is 0.389 e. The largest absolute Gasteiger partial charge is 0.434 e. The number of rotatable bonds is 11. The van der Waals surface area contributed by atoms with Crippen molar-refractivity contribution in [3.63, 3.8) is 0 Å². The minimum absolute atomic E-state index is 0.00682. The quantitative estimate of drug-likeness (QED) is 0.345. The van der Waals surface area contributed by atoms with E-state index in [1.807, 2.05) is 0 Å². The fourth-order valence-electron chi connectivity index (χ4n) is 4.61. The maximum atomic E-state index is 13.2. The molecule has 8 nitrogen and oxygen atoms in total. The maximum absolute atomic E-state index is 13.2. The monoisotopic (exact) mass is 600 g/mol.